The van der Waals surface area contributed by atoms with Crippen LogP contribution in [0.3, 0.4) is 0 Å². The van der Waals surface area contributed by atoms with E-state index in [0.29, 0.717) is 6.42 Å². The van der Waals surface area contributed by atoms with E-state index in [-0.39, 0.29) is 11.4 Å². The zero-order valence-electron chi connectivity index (χ0n) is 11.8. The largest absolute Gasteiger partial charge is 0.330 e. The van der Waals surface area contributed by atoms with Gasteiger partial charge in [-0.2, -0.15) is 0 Å². The van der Waals surface area contributed by atoms with Crippen molar-refractivity contribution in [1.82, 2.24) is 10.6 Å². The summed E-state index contributed by atoms with van der Waals surface area (Å²) >= 11 is 0. The van der Waals surface area contributed by atoms with Crippen molar-refractivity contribution in [3.05, 3.63) is 11.3 Å². The van der Waals surface area contributed by atoms with Gasteiger partial charge >= 0.3 is 0 Å². The number of rotatable bonds is 0. The summed E-state index contributed by atoms with van der Waals surface area (Å²) in [5, 5.41) is 7.09. The van der Waals surface area contributed by atoms with Crippen LogP contribution < -0.4 is 10.6 Å². The average molecular weight is 260 g/mol. The smallest absolute Gasteiger partial charge is 0.224 e. The van der Waals surface area contributed by atoms with E-state index in [2.05, 4.69) is 17.6 Å². The van der Waals surface area contributed by atoms with Gasteiger partial charge in [0.25, 0.3) is 0 Å². The van der Waals surface area contributed by atoms with Crippen LogP contribution in [0, 0.1) is 17.8 Å². The van der Waals surface area contributed by atoms with Gasteiger partial charge in [-0.25, -0.2) is 0 Å². The molecule has 2 fully saturated rings. The fraction of sp³-hybridized carbons (Fsp3) is 0.812. The second kappa shape index (κ2) is 4.08. The molecule has 4 aliphatic rings. The lowest BCUT2D eigenvalue weighted by molar-refractivity contribution is -0.121. The van der Waals surface area contributed by atoms with Crippen molar-refractivity contribution in [3.63, 3.8) is 0 Å². The van der Waals surface area contributed by atoms with Crippen molar-refractivity contribution in [3.8, 4) is 0 Å². The molecule has 1 amide bonds. The molecule has 2 aliphatic carbocycles. The first kappa shape index (κ1) is 12.0. The van der Waals surface area contributed by atoms with Crippen LogP contribution in [0.4, 0.5) is 0 Å². The molecule has 3 nitrogen and oxygen atoms in total. The van der Waals surface area contributed by atoms with Gasteiger partial charge < -0.3 is 10.6 Å². The number of carbonyl (C=O) groups excluding carboxylic acids is 1. The Bertz CT molecular complexity index is 456. The Morgan fingerprint density at radius 2 is 2.21 bits per heavy atom. The van der Waals surface area contributed by atoms with Crippen molar-refractivity contribution in [1.29, 1.82) is 0 Å². The van der Waals surface area contributed by atoms with Crippen molar-refractivity contribution in [2.45, 2.75) is 57.4 Å². The molecule has 3 heteroatoms. The minimum atomic E-state index is 0.232. The third-order valence-electron chi connectivity index (χ3n) is 5.97. The number of amides is 1. The monoisotopic (exact) mass is 260 g/mol. The molecule has 1 saturated carbocycles. The van der Waals surface area contributed by atoms with Crippen LogP contribution in [-0.4, -0.2) is 18.0 Å². The van der Waals surface area contributed by atoms with Crippen molar-refractivity contribution < 1.29 is 4.79 Å². The number of hydrogen-bond donors (Lipinski definition) is 2. The van der Waals surface area contributed by atoms with Gasteiger partial charge in [-0.15, -0.1) is 0 Å². The molecule has 2 bridgehead atoms. The van der Waals surface area contributed by atoms with Gasteiger partial charge in [-0.1, -0.05) is 6.92 Å². The molecule has 4 atom stereocenters. The van der Waals surface area contributed by atoms with Gasteiger partial charge in [-0.05, 0) is 68.4 Å². The second-order valence-corrected chi connectivity index (χ2v) is 7.16. The number of piperidine rings is 1. The summed E-state index contributed by atoms with van der Waals surface area (Å²) in [5.41, 5.74) is 3.10. The molecule has 2 N–H and O–H groups in total. The molecule has 2 heterocycles. The highest BCUT2D eigenvalue weighted by Crippen LogP contribution is 2.55. The molecule has 0 aromatic heterocycles. The molecule has 0 aromatic rings. The summed E-state index contributed by atoms with van der Waals surface area (Å²) in [6, 6.07) is 0. The normalized spacial score (nSPS) is 45.3. The number of allylic oxidation sites excluding steroid dienone is 1. The summed E-state index contributed by atoms with van der Waals surface area (Å²) in [5.74, 6) is 2.66. The third-order valence-corrected chi connectivity index (χ3v) is 5.97. The number of hydrogen-bond acceptors (Lipinski definition) is 2. The molecule has 104 valence electrons. The lowest BCUT2D eigenvalue weighted by atomic mass is 9.53. The summed E-state index contributed by atoms with van der Waals surface area (Å²) in [7, 11) is 0. The van der Waals surface area contributed by atoms with E-state index >= 15 is 0 Å². The third kappa shape index (κ3) is 1.63. The predicted molar refractivity (Wildman–Crippen MR) is 74.4 cm³/mol. The number of nitrogens with one attached hydrogen (secondary N) is 2. The summed E-state index contributed by atoms with van der Waals surface area (Å²) in [6.45, 7) is 3.56. The first-order valence-corrected chi connectivity index (χ1v) is 7.96. The van der Waals surface area contributed by atoms with Crippen molar-refractivity contribution >= 4 is 5.91 Å². The van der Waals surface area contributed by atoms with E-state index in [0.717, 1.165) is 37.1 Å². The fourth-order valence-corrected chi connectivity index (χ4v) is 5.49. The van der Waals surface area contributed by atoms with E-state index in [9.17, 15) is 4.79 Å². The summed E-state index contributed by atoms with van der Waals surface area (Å²) < 4.78 is 0. The molecule has 0 radical (unpaired) electrons. The van der Waals surface area contributed by atoms with Gasteiger partial charge in [0.2, 0.25) is 5.91 Å². The van der Waals surface area contributed by atoms with Gasteiger partial charge in [0.05, 0.1) is 0 Å². The lowest BCUT2D eigenvalue weighted by Gasteiger charge is -2.59. The predicted octanol–water partition coefficient (Wildman–Crippen LogP) is 2.34. The minimum absolute atomic E-state index is 0.232. The Hall–Kier alpha value is -0.830. The van der Waals surface area contributed by atoms with Gasteiger partial charge in [0.1, 0.15) is 0 Å². The Morgan fingerprint density at radius 3 is 3.11 bits per heavy atom. The first-order valence-electron chi connectivity index (χ1n) is 7.96. The summed E-state index contributed by atoms with van der Waals surface area (Å²) in [4.78, 5) is 11.7. The van der Waals surface area contributed by atoms with E-state index in [1.54, 1.807) is 5.57 Å². The Kier molecular flexibility index (Phi) is 2.57. The van der Waals surface area contributed by atoms with Crippen LogP contribution in [0.5, 0.6) is 0 Å². The van der Waals surface area contributed by atoms with E-state index in [1.165, 1.54) is 31.4 Å². The topological polar surface area (TPSA) is 41.1 Å². The molecular formula is C16H24N2O. The highest BCUT2D eigenvalue weighted by atomic mass is 16.1. The molecular weight excluding hydrogens is 236 g/mol. The van der Waals surface area contributed by atoms with Crippen LogP contribution >= 0.6 is 0 Å². The van der Waals surface area contributed by atoms with Gasteiger partial charge in [0, 0.05) is 17.7 Å². The Labute approximate surface area is 115 Å². The van der Waals surface area contributed by atoms with Crippen LogP contribution in [0.1, 0.15) is 51.9 Å². The van der Waals surface area contributed by atoms with Crippen molar-refractivity contribution in [2.75, 3.05) is 6.54 Å². The Balaban J connectivity index is 1.81. The standard InChI is InChI=1S/C16H24N2O/c1-10-7-11-8-14-13(4-5-15(19)18-14)16(9-10)12(11)3-2-6-17-16/h10-12,17H,2-9H2,1H3,(H,18,19)/t10-,11-,12+,16+/m1/s1. The average Bonchev–Trinajstić information content (AvgIpc) is 2.37. The van der Waals surface area contributed by atoms with E-state index < -0.39 is 0 Å². The zero-order valence-corrected chi connectivity index (χ0v) is 11.8. The maximum Gasteiger partial charge on any atom is 0.224 e. The molecule has 0 aromatic carbocycles. The number of carbonyl (C=O) groups is 1. The van der Waals surface area contributed by atoms with E-state index in [4.69, 9.17) is 0 Å². The Morgan fingerprint density at radius 1 is 1.32 bits per heavy atom. The maximum atomic E-state index is 11.7. The lowest BCUT2D eigenvalue weighted by Crippen LogP contribution is -2.64. The van der Waals surface area contributed by atoms with E-state index in [1.807, 2.05) is 0 Å². The van der Waals surface area contributed by atoms with Gasteiger partial charge in [0.15, 0.2) is 0 Å². The maximum absolute atomic E-state index is 11.7. The molecule has 0 spiro atoms. The summed E-state index contributed by atoms with van der Waals surface area (Å²) in [6.07, 6.45) is 8.14. The molecule has 0 unspecified atom stereocenters. The van der Waals surface area contributed by atoms with Crippen molar-refractivity contribution in [2.24, 2.45) is 17.8 Å². The fourth-order valence-electron chi connectivity index (χ4n) is 5.49. The molecule has 2 aliphatic heterocycles. The molecule has 19 heavy (non-hydrogen) atoms. The SMILES string of the molecule is C[C@@H]1C[C@@H]2CC3=C(CCC(=O)N3)[C@@]3(C1)NCCC[C@@H]23. The molecule has 4 rings (SSSR count). The van der Waals surface area contributed by atoms with Gasteiger partial charge in [-0.3, -0.25) is 4.79 Å². The van der Waals surface area contributed by atoms with Crippen LogP contribution in [0.25, 0.3) is 0 Å². The molecule has 1 saturated heterocycles. The zero-order chi connectivity index (χ0) is 13.0. The highest BCUT2D eigenvalue weighted by molar-refractivity contribution is 5.80. The quantitative estimate of drug-likeness (QED) is 0.702. The first-order chi connectivity index (χ1) is 9.19. The minimum Gasteiger partial charge on any atom is -0.330 e. The second-order valence-electron chi connectivity index (χ2n) is 7.16. The highest BCUT2D eigenvalue weighted by Gasteiger charge is 2.54. The van der Waals surface area contributed by atoms with Crippen LogP contribution in [0.2, 0.25) is 0 Å². The van der Waals surface area contributed by atoms with Crippen LogP contribution in [0.15, 0.2) is 11.3 Å². The van der Waals surface area contributed by atoms with Crippen LogP contribution in [-0.2, 0) is 4.79 Å².